The van der Waals surface area contributed by atoms with Crippen LogP contribution in [0.1, 0.15) is 27.3 Å². The molecule has 120 valence electrons. The number of H-pyrrole nitrogens is 1. The largest absolute Gasteiger partial charge is 0.456 e. The summed E-state index contributed by atoms with van der Waals surface area (Å²) in [7, 11) is 0. The topological polar surface area (TPSA) is 59.4 Å². The number of aromatic amines is 1. The van der Waals surface area contributed by atoms with Crippen LogP contribution < -0.4 is 0 Å². The fraction of sp³-hybridized carbons (Fsp3) is 0.158. The van der Waals surface area contributed by atoms with E-state index in [0.717, 1.165) is 33.5 Å². The standard InChI is InChI=1S/C19H17N3O2/c1-12-13(2)20-17-7-6-14(9-16(12)17)19(23)24-11-15-10-22-8-4-3-5-18(22)21-15/h3-10,20H,11H2,1-2H3. The molecule has 0 unspecified atom stereocenters. The third-order valence-corrected chi connectivity index (χ3v) is 4.31. The zero-order valence-corrected chi connectivity index (χ0v) is 13.5. The second-order valence-corrected chi connectivity index (χ2v) is 5.91. The van der Waals surface area contributed by atoms with Crippen LogP contribution in [0.5, 0.6) is 0 Å². The van der Waals surface area contributed by atoms with Crippen LogP contribution in [0.2, 0.25) is 0 Å². The Balaban J connectivity index is 1.54. The van der Waals surface area contributed by atoms with Crippen LogP contribution in [0, 0.1) is 13.8 Å². The van der Waals surface area contributed by atoms with Gasteiger partial charge in [-0.25, -0.2) is 9.78 Å². The summed E-state index contributed by atoms with van der Waals surface area (Å²) in [6.45, 7) is 4.22. The Hall–Kier alpha value is -3.08. The molecule has 0 aliphatic heterocycles. The Morgan fingerprint density at radius 1 is 1.25 bits per heavy atom. The molecule has 0 spiro atoms. The van der Waals surface area contributed by atoms with Gasteiger partial charge in [0.05, 0.1) is 11.3 Å². The molecule has 0 saturated carbocycles. The van der Waals surface area contributed by atoms with Crippen LogP contribution in [0.3, 0.4) is 0 Å². The summed E-state index contributed by atoms with van der Waals surface area (Å²) in [5.74, 6) is -0.341. The number of carbonyl (C=O) groups excluding carboxylic acids is 1. The van der Waals surface area contributed by atoms with Crippen LogP contribution in [0.25, 0.3) is 16.6 Å². The van der Waals surface area contributed by atoms with Gasteiger partial charge in [0.25, 0.3) is 0 Å². The molecule has 4 rings (SSSR count). The molecule has 0 atom stereocenters. The number of aromatic nitrogens is 3. The summed E-state index contributed by atoms with van der Waals surface area (Å²) < 4.78 is 7.32. The molecule has 1 aromatic carbocycles. The van der Waals surface area contributed by atoms with E-state index >= 15 is 0 Å². The third kappa shape index (κ3) is 2.44. The molecule has 0 amide bonds. The number of imidazole rings is 1. The Morgan fingerprint density at radius 2 is 2.12 bits per heavy atom. The predicted octanol–water partition coefficient (Wildman–Crippen LogP) is 3.79. The maximum atomic E-state index is 12.3. The summed E-state index contributed by atoms with van der Waals surface area (Å²) in [6.07, 6.45) is 3.78. The SMILES string of the molecule is Cc1[nH]c2ccc(C(=O)OCc3cn4ccccc4n3)cc2c1C. The number of pyridine rings is 1. The first-order valence-corrected chi connectivity index (χ1v) is 7.80. The number of nitrogens with zero attached hydrogens (tertiary/aromatic N) is 2. The summed E-state index contributed by atoms with van der Waals surface area (Å²) in [6, 6.07) is 11.3. The van der Waals surface area contributed by atoms with Gasteiger partial charge in [-0.1, -0.05) is 6.07 Å². The van der Waals surface area contributed by atoms with Gasteiger partial charge in [0, 0.05) is 29.0 Å². The molecule has 0 fully saturated rings. The molecule has 4 aromatic rings. The number of hydrogen-bond donors (Lipinski definition) is 1. The lowest BCUT2D eigenvalue weighted by molar-refractivity contribution is 0.0468. The number of fused-ring (bicyclic) bond motifs is 2. The highest BCUT2D eigenvalue weighted by atomic mass is 16.5. The van der Waals surface area contributed by atoms with Crippen molar-refractivity contribution in [2.45, 2.75) is 20.5 Å². The number of rotatable bonds is 3. The van der Waals surface area contributed by atoms with Gasteiger partial charge in [-0.05, 0) is 49.7 Å². The van der Waals surface area contributed by atoms with E-state index in [1.54, 1.807) is 6.07 Å². The number of carbonyl (C=O) groups is 1. The smallest absolute Gasteiger partial charge is 0.338 e. The minimum absolute atomic E-state index is 0.156. The number of esters is 1. The van der Waals surface area contributed by atoms with Gasteiger partial charge in [-0.15, -0.1) is 0 Å². The second-order valence-electron chi connectivity index (χ2n) is 5.91. The first-order chi connectivity index (χ1) is 11.6. The molecule has 0 aliphatic carbocycles. The van der Waals surface area contributed by atoms with Crippen molar-refractivity contribution in [3.05, 3.63) is 71.3 Å². The molecule has 24 heavy (non-hydrogen) atoms. The summed E-state index contributed by atoms with van der Waals surface area (Å²) in [5.41, 5.74) is 5.41. The first kappa shape index (κ1) is 14.5. The molecule has 3 heterocycles. The first-order valence-electron chi connectivity index (χ1n) is 7.80. The molecule has 0 bridgehead atoms. The van der Waals surface area contributed by atoms with E-state index in [4.69, 9.17) is 4.74 Å². The highest BCUT2D eigenvalue weighted by Gasteiger charge is 2.12. The zero-order valence-electron chi connectivity index (χ0n) is 13.5. The van der Waals surface area contributed by atoms with Gasteiger partial charge in [-0.3, -0.25) is 0 Å². The maximum absolute atomic E-state index is 12.3. The van der Waals surface area contributed by atoms with E-state index in [9.17, 15) is 4.79 Å². The molecule has 1 N–H and O–H groups in total. The van der Waals surface area contributed by atoms with Crippen molar-refractivity contribution in [3.63, 3.8) is 0 Å². The lowest BCUT2D eigenvalue weighted by atomic mass is 10.1. The Bertz CT molecular complexity index is 1030. The maximum Gasteiger partial charge on any atom is 0.338 e. The van der Waals surface area contributed by atoms with E-state index in [1.165, 1.54) is 0 Å². The van der Waals surface area contributed by atoms with E-state index in [2.05, 4.69) is 9.97 Å². The Kier molecular flexibility index (Phi) is 3.34. The highest BCUT2D eigenvalue weighted by Crippen LogP contribution is 2.22. The van der Waals surface area contributed by atoms with Crippen LogP contribution >= 0.6 is 0 Å². The minimum Gasteiger partial charge on any atom is -0.456 e. The lowest BCUT2D eigenvalue weighted by Gasteiger charge is -2.03. The molecule has 0 saturated heterocycles. The molecule has 0 radical (unpaired) electrons. The second kappa shape index (κ2) is 5.53. The van der Waals surface area contributed by atoms with Crippen LogP contribution in [0.4, 0.5) is 0 Å². The van der Waals surface area contributed by atoms with Crippen LogP contribution in [-0.2, 0) is 11.3 Å². The summed E-state index contributed by atoms with van der Waals surface area (Å²) in [4.78, 5) is 20.1. The number of hydrogen-bond acceptors (Lipinski definition) is 3. The zero-order chi connectivity index (χ0) is 16.7. The minimum atomic E-state index is -0.341. The monoisotopic (exact) mass is 319 g/mol. The fourth-order valence-electron chi connectivity index (χ4n) is 2.87. The fourth-order valence-corrected chi connectivity index (χ4v) is 2.87. The van der Waals surface area contributed by atoms with E-state index in [0.29, 0.717) is 5.56 Å². The van der Waals surface area contributed by atoms with Crippen molar-refractivity contribution in [1.82, 2.24) is 14.4 Å². The number of ether oxygens (including phenoxy) is 1. The van der Waals surface area contributed by atoms with Crippen molar-refractivity contribution in [2.24, 2.45) is 0 Å². The molecular formula is C19H17N3O2. The molecular weight excluding hydrogens is 302 g/mol. The van der Waals surface area contributed by atoms with E-state index in [-0.39, 0.29) is 12.6 Å². The number of nitrogens with one attached hydrogen (secondary N) is 1. The molecule has 5 heteroatoms. The summed E-state index contributed by atoms with van der Waals surface area (Å²) >= 11 is 0. The van der Waals surface area contributed by atoms with Gasteiger partial charge in [0.1, 0.15) is 12.3 Å². The van der Waals surface area contributed by atoms with Gasteiger partial charge in [-0.2, -0.15) is 0 Å². The molecule has 3 aromatic heterocycles. The van der Waals surface area contributed by atoms with Crippen LogP contribution in [-0.4, -0.2) is 20.3 Å². The van der Waals surface area contributed by atoms with Crippen molar-refractivity contribution in [1.29, 1.82) is 0 Å². The van der Waals surface area contributed by atoms with Crippen LogP contribution in [0.15, 0.2) is 48.8 Å². The number of benzene rings is 1. The summed E-state index contributed by atoms with van der Waals surface area (Å²) in [5, 5.41) is 1.05. The average Bonchev–Trinajstić information content (AvgIpc) is 3.13. The Labute approximate surface area is 138 Å². The van der Waals surface area contributed by atoms with Gasteiger partial charge < -0.3 is 14.1 Å². The lowest BCUT2D eigenvalue weighted by Crippen LogP contribution is -2.05. The third-order valence-electron chi connectivity index (χ3n) is 4.31. The Morgan fingerprint density at radius 3 is 2.96 bits per heavy atom. The predicted molar refractivity (Wildman–Crippen MR) is 92.1 cm³/mol. The van der Waals surface area contributed by atoms with Crippen molar-refractivity contribution in [2.75, 3.05) is 0 Å². The van der Waals surface area contributed by atoms with Crippen molar-refractivity contribution >= 4 is 22.5 Å². The highest BCUT2D eigenvalue weighted by molar-refractivity contribution is 5.96. The van der Waals surface area contributed by atoms with Gasteiger partial charge in [0.2, 0.25) is 0 Å². The molecule has 0 aliphatic rings. The normalized spacial score (nSPS) is 11.2. The quantitative estimate of drug-likeness (QED) is 0.584. The van der Waals surface area contributed by atoms with Gasteiger partial charge >= 0.3 is 5.97 Å². The van der Waals surface area contributed by atoms with E-state index < -0.39 is 0 Å². The molecule has 5 nitrogen and oxygen atoms in total. The van der Waals surface area contributed by atoms with Crippen molar-refractivity contribution < 1.29 is 9.53 Å². The van der Waals surface area contributed by atoms with E-state index in [1.807, 2.05) is 61.0 Å². The van der Waals surface area contributed by atoms with Crippen molar-refractivity contribution in [3.8, 4) is 0 Å². The number of aryl methyl sites for hydroxylation is 2. The van der Waals surface area contributed by atoms with Gasteiger partial charge in [0.15, 0.2) is 0 Å². The average molecular weight is 319 g/mol.